The van der Waals surface area contributed by atoms with Crippen LogP contribution in [0.3, 0.4) is 0 Å². The van der Waals surface area contributed by atoms with Crippen molar-refractivity contribution in [3.63, 3.8) is 0 Å². The summed E-state index contributed by atoms with van der Waals surface area (Å²) in [7, 11) is 1.39. The van der Waals surface area contributed by atoms with Gasteiger partial charge in [0.25, 0.3) is 0 Å². The smallest absolute Gasteiger partial charge is 0.317 e. The highest BCUT2D eigenvalue weighted by Crippen LogP contribution is 2.23. The standard InChI is InChI=1S/C22H34N2O4/c1-3-28-20-11-9-18(10-12-20)7-8-19-13-16-24(17-14-19)22(26)23-15-5-4-6-21(25)27-2/h9-12,19H,3-8,13-17H2,1-2H3,(H,23,26). The minimum Gasteiger partial charge on any atom is -0.494 e. The minimum atomic E-state index is -0.196. The molecule has 28 heavy (non-hydrogen) atoms. The maximum atomic E-state index is 12.2. The van der Waals surface area contributed by atoms with E-state index in [1.807, 2.05) is 24.0 Å². The maximum Gasteiger partial charge on any atom is 0.317 e. The molecule has 0 aromatic heterocycles. The summed E-state index contributed by atoms with van der Waals surface area (Å²) in [5.41, 5.74) is 1.34. The number of piperidine rings is 1. The molecule has 1 fully saturated rings. The number of esters is 1. The van der Waals surface area contributed by atoms with Gasteiger partial charge in [-0.2, -0.15) is 0 Å². The molecular formula is C22H34N2O4. The molecule has 0 aliphatic carbocycles. The molecule has 0 unspecified atom stereocenters. The van der Waals surface area contributed by atoms with Gasteiger partial charge in [-0.15, -0.1) is 0 Å². The van der Waals surface area contributed by atoms with Gasteiger partial charge in [0.15, 0.2) is 0 Å². The number of ether oxygens (including phenoxy) is 2. The zero-order chi connectivity index (χ0) is 20.2. The number of nitrogens with one attached hydrogen (secondary N) is 1. The molecule has 1 N–H and O–H groups in total. The van der Waals surface area contributed by atoms with E-state index >= 15 is 0 Å². The number of rotatable bonds is 10. The van der Waals surface area contributed by atoms with Gasteiger partial charge in [0.05, 0.1) is 13.7 Å². The van der Waals surface area contributed by atoms with E-state index < -0.39 is 0 Å². The molecule has 0 radical (unpaired) electrons. The fourth-order valence-corrected chi connectivity index (χ4v) is 3.52. The van der Waals surface area contributed by atoms with E-state index in [0.29, 0.717) is 25.5 Å². The molecule has 0 atom stereocenters. The van der Waals surface area contributed by atoms with Crippen molar-refractivity contribution in [2.24, 2.45) is 5.92 Å². The van der Waals surface area contributed by atoms with Crippen LogP contribution >= 0.6 is 0 Å². The Morgan fingerprint density at radius 1 is 1.14 bits per heavy atom. The first kappa shape index (κ1) is 22.1. The van der Waals surface area contributed by atoms with Crippen molar-refractivity contribution in [1.82, 2.24) is 10.2 Å². The normalized spacial score (nSPS) is 14.6. The Balaban J connectivity index is 1.58. The van der Waals surface area contributed by atoms with Gasteiger partial charge in [-0.25, -0.2) is 4.79 Å². The number of urea groups is 1. The van der Waals surface area contributed by atoms with Crippen LogP contribution in [0.2, 0.25) is 0 Å². The fourth-order valence-electron chi connectivity index (χ4n) is 3.52. The summed E-state index contributed by atoms with van der Waals surface area (Å²) in [4.78, 5) is 25.2. The highest BCUT2D eigenvalue weighted by atomic mass is 16.5. The predicted octanol–water partition coefficient (Wildman–Crippen LogP) is 3.78. The van der Waals surface area contributed by atoms with Crippen LogP contribution in [0.4, 0.5) is 4.79 Å². The number of amides is 2. The van der Waals surface area contributed by atoms with Gasteiger partial charge in [-0.3, -0.25) is 4.79 Å². The summed E-state index contributed by atoms with van der Waals surface area (Å²) in [5, 5.41) is 2.96. The van der Waals surface area contributed by atoms with Crippen molar-refractivity contribution in [2.45, 2.75) is 51.9 Å². The lowest BCUT2D eigenvalue weighted by atomic mass is 9.90. The van der Waals surface area contributed by atoms with Gasteiger partial charge >= 0.3 is 12.0 Å². The second-order valence-electron chi connectivity index (χ2n) is 7.31. The van der Waals surface area contributed by atoms with E-state index in [2.05, 4.69) is 22.2 Å². The molecule has 1 aliphatic heterocycles. The third-order valence-corrected chi connectivity index (χ3v) is 5.29. The maximum absolute atomic E-state index is 12.2. The highest BCUT2D eigenvalue weighted by molar-refractivity contribution is 5.74. The van der Waals surface area contributed by atoms with Crippen molar-refractivity contribution >= 4 is 12.0 Å². The number of methoxy groups -OCH3 is 1. The summed E-state index contributed by atoms with van der Waals surface area (Å²) in [6, 6.07) is 8.39. The van der Waals surface area contributed by atoms with Crippen molar-refractivity contribution in [3.8, 4) is 5.75 Å². The Morgan fingerprint density at radius 3 is 2.50 bits per heavy atom. The van der Waals surface area contributed by atoms with Crippen LogP contribution in [-0.4, -0.2) is 50.3 Å². The van der Waals surface area contributed by atoms with Gasteiger partial charge in [-0.1, -0.05) is 12.1 Å². The third kappa shape index (κ3) is 7.79. The topological polar surface area (TPSA) is 67.9 Å². The molecule has 0 bridgehead atoms. The Morgan fingerprint density at radius 2 is 1.86 bits per heavy atom. The lowest BCUT2D eigenvalue weighted by molar-refractivity contribution is -0.140. The Bertz CT molecular complexity index is 595. The molecule has 1 saturated heterocycles. The first-order chi connectivity index (χ1) is 13.6. The summed E-state index contributed by atoms with van der Waals surface area (Å²) in [6.07, 6.45) is 6.30. The number of hydrogen-bond donors (Lipinski definition) is 1. The summed E-state index contributed by atoms with van der Waals surface area (Å²) in [6.45, 7) is 4.93. The molecule has 0 spiro atoms. The number of unbranched alkanes of at least 4 members (excludes halogenated alkanes) is 1. The Hall–Kier alpha value is -2.24. The summed E-state index contributed by atoms with van der Waals surface area (Å²) >= 11 is 0. The average Bonchev–Trinajstić information content (AvgIpc) is 2.73. The zero-order valence-corrected chi connectivity index (χ0v) is 17.2. The van der Waals surface area contributed by atoms with Crippen LogP contribution in [-0.2, 0) is 16.0 Å². The van der Waals surface area contributed by atoms with Gasteiger partial charge in [0.1, 0.15) is 5.75 Å². The lowest BCUT2D eigenvalue weighted by Crippen LogP contribution is -2.44. The molecule has 156 valence electrons. The summed E-state index contributed by atoms with van der Waals surface area (Å²) in [5.74, 6) is 1.41. The largest absolute Gasteiger partial charge is 0.494 e. The molecule has 0 saturated carbocycles. The molecular weight excluding hydrogens is 356 g/mol. The molecule has 6 heteroatoms. The monoisotopic (exact) mass is 390 g/mol. The van der Waals surface area contributed by atoms with Gasteiger partial charge in [0.2, 0.25) is 0 Å². The first-order valence-electron chi connectivity index (χ1n) is 10.4. The van der Waals surface area contributed by atoms with Gasteiger partial charge < -0.3 is 19.7 Å². The van der Waals surface area contributed by atoms with E-state index in [1.54, 1.807) is 0 Å². The van der Waals surface area contributed by atoms with E-state index in [1.165, 1.54) is 12.7 Å². The number of likely N-dealkylation sites (tertiary alicyclic amines) is 1. The van der Waals surface area contributed by atoms with Crippen LogP contribution in [0, 0.1) is 5.92 Å². The third-order valence-electron chi connectivity index (χ3n) is 5.29. The van der Waals surface area contributed by atoms with Crippen LogP contribution in [0.1, 0.15) is 51.0 Å². The number of hydrogen-bond acceptors (Lipinski definition) is 4. The molecule has 2 amide bonds. The number of nitrogens with zero attached hydrogens (tertiary/aromatic N) is 1. The predicted molar refractivity (Wildman–Crippen MR) is 109 cm³/mol. The molecule has 1 aliphatic rings. The average molecular weight is 391 g/mol. The number of aryl methyl sites for hydroxylation is 1. The van der Waals surface area contributed by atoms with E-state index in [4.69, 9.17) is 4.74 Å². The second-order valence-corrected chi connectivity index (χ2v) is 7.31. The van der Waals surface area contributed by atoms with Crippen molar-refractivity contribution in [3.05, 3.63) is 29.8 Å². The molecule has 6 nitrogen and oxygen atoms in total. The van der Waals surface area contributed by atoms with Gasteiger partial charge in [-0.05, 0) is 69.1 Å². The van der Waals surface area contributed by atoms with E-state index in [0.717, 1.165) is 57.4 Å². The Labute approximate surface area is 168 Å². The van der Waals surface area contributed by atoms with Crippen LogP contribution in [0.15, 0.2) is 24.3 Å². The van der Waals surface area contributed by atoms with Crippen LogP contribution in [0.5, 0.6) is 5.75 Å². The van der Waals surface area contributed by atoms with E-state index in [9.17, 15) is 9.59 Å². The number of carbonyl (C=O) groups excluding carboxylic acids is 2. The first-order valence-corrected chi connectivity index (χ1v) is 10.4. The van der Waals surface area contributed by atoms with Crippen molar-refractivity contribution in [2.75, 3.05) is 33.4 Å². The van der Waals surface area contributed by atoms with Gasteiger partial charge in [0, 0.05) is 26.1 Å². The van der Waals surface area contributed by atoms with Crippen LogP contribution in [0.25, 0.3) is 0 Å². The molecule has 2 rings (SSSR count). The lowest BCUT2D eigenvalue weighted by Gasteiger charge is -2.32. The van der Waals surface area contributed by atoms with Crippen molar-refractivity contribution in [1.29, 1.82) is 0 Å². The second kappa shape index (κ2) is 12.3. The van der Waals surface area contributed by atoms with E-state index in [-0.39, 0.29) is 12.0 Å². The number of carbonyl (C=O) groups is 2. The molecule has 1 aromatic rings. The zero-order valence-electron chi connectivity index (χ0n) is 17.2. The highest BCUT2D eigenvalue weighted by Gasteiger charge is 2.22. The summed E-state index contributed by atoms with van der Waals surface area (Å²) < 4.78 is 10.1. The number of benzene rings is 1. The minimum absolute atomic E-state index is 0.0167. The molecule has 1 aromatic carbocycles. The fraction of sp³-hybridized carbons (Fsp3) is 0.636. The van der Waals surface area contributed by atoms with Crippen molar-refractivity contribution < 1.29 is 19.1 Å². The van der Waals surface area contributed by atoms with Crippen LogP contribution < -0.4 is 10.1 Å². The quantitative estimate of drug-likeness (QED) is 0.488. The Kier molecular flexibility index (Phi) is 9.66. The SMILES string of the molecule is CCOc1ccc(CCC2CCN(C(=O)NCCCCC(=O)OC)CC2)cc1. The molecule has 1 heterocycles.